The Morgan fingerprint density at radius 2 is 2.12 bits per heavy atom. The molecule has 0 aliphatic heterocycles. The molecular weight excluding hydrogens is 340 g/mol. The van der Waals surface area contributed by atoms with Gasteiger partial charge in [-0.15, -0.1) is 11.3 Å². The molecule has 0 amide bonds. The van der Waals surface area contributed by atoms with Crippen LogP contribution in [0.15, 0.2) is 24.5 Å². The standard InChI is InChI=1S/C17H16N4O3S/c1-24-10-6-7-12(13(8-10)21(22)23)20-16-15-11-4-2-3-5-14(11)25-17(15)19-9-18-16/h6-9H,2-5H2,1H3,(H,18,19,20). The number of ether oxygens (including phenoxy) is 1. The molecular formula is C17H16N4O3S. The lowest BCUT2D eigenvalue weighted by Gasteiger charge is -2.12. The summed E-state index contributed by atoms with van der Waals surface area (Å²) < 4.78 is 5.09. The third-order valence-electron chi connectivity index (χ3n) is 4.41. The maximum Gasteiger partial charge on any atom is 0.296 e. The highest BCUT2D eigenvalue weighted by Crippen LogP contribution is 2.40. The average Bonchev–Trinajstić information content (AvgIpc) is 3.01. The predicted octanol–water partition coefficient (Wildman–Crippen LogP) is 4.23. The van der Waals surface area contributed by atoms with E-state index in [-0.39, 0.29) is 5.69 Å². The molecule has 4 rings (SSSR count). The molecule has 128 valence electrons. The Balaban J connectivity index is 1.81. The molecule has 2 aromatic heterocycles. The number of nitrogens with zero attached hydrogens (tertiary/aromatic N) is 3. The van der Waals surface area contributed by atoms with E-state index in [1.165, 1.54) is 36.4 Å². The molecule has 0 radical (unpaired) electrons. The Labute approximate surface area is 147 Å². The maximum atomic E-state index is 11.4. The Kier molecular flexibility index (Phi) is 3.96. The molecule has 1 N–H and O–H groups in total. The van der Waals surface area contributed by atoms with Gasteiger partial charge in [0.1, 0.15) is 28.4 Å². The number of aromatic nitrogens is 2. The number of aryl methyl sites for hydroxylation is 2. The van der Waals surface area contributed by atoms with E-state index in [1.54, 1.807) is 23.5 Å². The second-order valence-corrected chi connectivity index (χ2v) is 6.96. The first-order valence-electron chi connectivity index (χ1n) is 8.02. The summed E-state index contributed by atoms with van der Waals surface area (Å²) in [6.07, 6.45) is 5.92. The summed E-state index contributed by atoms with van der Waals surface area (Å²) in [5.41, 5.74) is 1.63. The van der Waals surface area contributed by atoms with Crippen molar-refractivity contribution in [2.45, 2.75) is 25.7 Å². The third-order valence-corrected chi connectivity index (χ3v) is 5.61. The number of hydrogen-bond donors (Lipinski definition) is 1. The van der Waals surface area contributed by atoms with Gasteiger partial charge in [0.25, 0.3) is 5.69 Å². The van der Waals surface area contributed by atoms with Crippen LogP contribution in [0.4, 0.5) is 17.2 Å². The van der Waals surface area contributed by atoms with Gasteiger partial charge in [0.05, 0.1) is 23.5 Å². The summed E-state index contributed by atoms with van der Waals surface area (Å²) in [6, 6.07) is 4.74. The van der Waals surface area contributed by atoms with E-state index in [1.807, 2.05) is 0 Å². The van der Waals surface area contributed by atoms with Crippen LogP contribution < -0.4 is 10.1 Å². The number of thiophene rings is 1. The second-order valence-electron chi connectivity index (χ2n) is 5.88. The van der Waals surface area contributed by atoms with Gasteiger partial charge in [-0.2, -0.15) is 0 Å². The summed E-state index contributed by atoms with van der Waals surface area (Å²) in [5, 5.41) is 15.5. The van der Waals surface area contributed by atoms with Gasteiger partial charge in [-0.3, -0.25) is 10.1 Å². The number of rotatable bonds is 4. The van der Waals surface area contributed by atoms with Gasteiger partial charge in [0, 0.05) is 4.88 Å². The molecule has 1 aromatic carbocycles. The summed E-state index contributed by atoms with van der Waals surface area (Å²) in [5.74, 6) is 1.07. The molecule has 8 heteroatoms. The lowest BCUT2D eigenvalue weighted by molar-refractivity contribution is -0.384. The van der Waals surface area contributed by atoms with E-state index in [4.69, 9.17) is 4.74 Å². The van der Waals surface area contributed by atoms with Crippen LogP contribution in [-0.4, -0.2) is 22.0 Å². The molecule has 1 aliphatic rings. The Bertz CT molecular complexity index is 970. The van der Waals surface area contributed by atoms with Crippen LogP contribution >= 0.6 is 11.3 Å². The van der Waals surface area contributed by atoms with Crippen molar-refractivity contribution < 1.29 is 9.66 Å². The fraction of sp³-hybridized carbons (Fsp3) is 0.294. The number of fused-ring (bicyclic) bond motifs is 3. The fourth-order valence-electron chi connectivity index (χ4n) is 3.21. The van der Waals surface area contributed by atoms with E-state index in [0.717, 1.165) is 29.5 Å². The van der Waals surface area contributed by atoms with E-state index >= 15 is 0 Å². The van der Waals surface area contributed by atoms with Crippen molar-refractivity contribution in [2.75, 3.05) is 12.4 Å². The van der Waals surface area contributed by atoms with Gasteiger partial charge in [-0.05, 0) is 43.4 Å². The molecule has 0 saturated carbocycles. The average molecular weight is 356 g/mol. The molecule has 0 saturated heterocycles. The SMILES string of the molecule is COc1ccc(Nc2ncnc3sc4c(c23)CCCC4)c([N+](=O)[O-])c1. The monoisotopic (exact) mass is 356 g/mol. The quantitative estimate of drug-likeness (QED) is 0.556. The van der Waals surface area contributed by atoms with Crippen molar-refractivity contribution in [2.24, 2.45) is 0 Å². The highest BCUT2D eigenvalue weighted by molar-refractivity contribution is 7.19. The Morgan fingerprint density at radius 1 is 1.28 bits per heavy atom. The molecule has 25 heavy (non-hydrogen) atoms. The summed E-state index contributed by atoms with van der Waals surface area (Å²) in [7, 11) is 1.48. The zero-order chi connectivity index (χ0) is 17.4. The number of nitro benzene ring substituents is 1. The van der Waals surface area contributed by atoms with Crippen LogP contribution in [0, 0.1) is 10.1 Å². The van der Waals surface area contributed by atoms with Crippen molar-refractivity contribution in [3.05, 3.63) is 45.1 Å². The van der Waals surface area contributed by atoms with Crippen molar-refractivity contribution in [3.8, 4) is 5.75 Å². The van der Waals surface area contributed by atoms with Crippen molar-refractivity contribution >= 4 is 38.7 Å². The van der Waals surface area contributed by atoms with E-state index in [0.29, 0.717) is 17.3 Å². The number of methoxy groups -OCH3 is 1. The van der Waals surface area contributed by atoms with Crippen LogP contribution in [-0.2, 0) is 12.8 Å². The van der Waals surface area contributed by atoms with Gasteiger partial charge in [-0.1, -0.05) is 0 Å². The molecule has 1 aliphatic carbocycles. The number of anilines is 2. The number of nitrogens with one attached hydrogen (secondary N) is 1. The highest BCUT2D eigenvalue weighted by Gasteiger charge is 2.22. The first-order valence-corrected chi connectivity index (χ1v) is 8.83. The van der Waals surface area contributed by atoms with Crippen LogP contribution in [0.25, 0.3) is 10.2 Å². The van der Waals surface area contributed by atoms with Crippen LogP contribution in [0.2, 0.25) is 0 Å². The van der Waals surface area contributed by atoms with E-state index in [2.05, 4.69) is 15.3 Å². The molecule has 0 spiro atoms. The topological polar surface area (TPSA) is 90.2 Å². The second kappa shape index (κ2) is 6.29. The zero-order valence-electron chi connectivity index (χ0n) is 13.6. The first kappa shape index (κ1) is 15.8. The molecule has 0 fully saturated rings. The lowest BCUT2D eigenvalue weighted by Crippen LogP contribution is -2.02. The number of hydrogen-bond acceptors (Lipinski definition) is 7. The maximum absolute atomic E-state index is 11.4. The molecule has 0 bridgehead atoms. The predicted molar refractivity (Wildman–Crippen MR) is 97.0 cm³/mol. The largest absolute Gasteiger partial charge is 0.496 e. The molecule has 0 unspecified atom stereocenters. The molecule has 3 aromatic rings. The van der Waals surface area contributed by atoms with Crippen LogP contribution in [0.3, 0.4) is 0 Å². The van der Waals surface area contributed by atoms with Gasteiger partial charge < -0.3 is 10.1 Å². The number of benzene rings is 1. The summed E-state index contributed by atoms with van der Waals surface area (Å²) >= 11 is 1.70. The van der Waals surface area contributed by atoms with E-state index < -0.39 is 4.92 Å². The van der Waals surface area contributed by atoms with Crippen molar-refractivity contribution in [1.82, 2.24) is 9.97 Å². The summed E-state index contributed by atoms with van der Waals surface area (Å²) in [6.45, 7) is 0. The lowest BCUT2D eigenvalue weighted by atomic mass is 9.97. The minimum atomic E-state index is -0.424. The van der Waals surface area contributed by atoms with Crippen molar-refractivity contribution in [3.63, 3.8) is 0 Å². The zero-order valence-corrected chi connectivity index (χ0v) is 14.4. The fourth-order valence-corrected chi connectivity index (χ4v) is 4.44. The third kappa shape index (κ3) is 2.78. The first-order chi connectivity index (χ1) is 12.2. The Hall–Kier alpha value is -2.74. The normalized spacial score (nSPS) is 13.5. The molecule has 0 atom stereocenters. The summed E-state index contributed by atoms with van der Waals surface area (Å²) in [4.78, 5) is 22.0. The van der Waals surface area contributed by atoms with Gasteiger partial charge in [0.15, 0.2) is 0 Å². The van der Waals surface area contributed by atoms with Crippen LogP contribution in [0.1, 0.15) is 23.3 Å². The van der Waals surface area contributed by atoms with Gasteiger partial charge in [-0.25, -0.2) is 9.97 Å². The minimum absolute atomic E-state index is 0.0461. The number of nitro groups is 1. The Morgan fingerprint density at radius 3 is 2.92 bits per heavy atom. The minimum Gasteiger partial charge on any atom is -0.496 e. The smallest absolute Gasteiger partial charge is 0.296 e. The van der Waals surface area contributed by atoms with Crippen LogP contribution in [0.5, 0.6) is 5.75 Å². The van der Waals surface area contributed by atoms with Gasteiger partial charge in [0.2, 0.25) is 0 Å². The van der Waals surface area contributed by atoms with E-state index in [9.17, 15) is 10.1 Å². The van der Waals surface area contributed by atoms with Gasteiger partial charge >= 0.3 is 0 Å². The molecule has 2 heterocycles. The highest BCUT2D eigenvalue weighted by atomic mass is 32.1. The molecule has 7 nitrogen and oxygen atoms in total. The van der Waals surface area contributed by atoms with Crippen molar-refractivity contribution in [1.29, 1.82) is 0 Å².